The fourth-order valence-corrected chi connectivity index (χ4v) is 0.154. The van der Waals surface area contributed by atoms with E-state index in [1.165, 1.54) is 0 Å². The fourth-order valence-electron chi connectivity index (χ4n) is 0.0514. The molecule has 0 atom stereocenters. The third-order valence-electron chi connectivity index (χ3n) is 0.194. The third-order valence-corrected chi connectivity index (χ3v) is 0.446. The van der Waals surface area contributed by atoms with Crippen LogP contribution in [0, 0.1) is 0 Å². The van der Waals surface area contributed by atoms with Gasteiger partial charge in [-0.15, -0.1) is 0 Å². The summed E-state index contributed by atoms with van der Waals surface area (Å²) in [6.45, 7) is -0.683. The SMILES string of the molecule is [O]COC(Cl)Cl. The van der Waals surface area contributed by atoms with E-state index >= 15 is 0 Å². The largest absolute Gasteiger partial charge is 0.319 e. The maximum atomic E-state index is 9.35. The van der Waals surface area contributed by atoms with Crippen molar-refractivity contribution in [2.45, 2.75) is 5.02 Å². The van der Waals surface area contributed by atoms with Crippen LogP contribution in [0.4, 0.5) is 0 Å². The Labute approximate surface area is 45.6 Å². The van der Waals surface area contributed by atoms with Crippen molar-refractivity contribution in [1.82, 2.24) is 0 Å². The lowest BCUT2D eigenvalue weighted by atomic mass is 11.4. The van der Waals surface area contributed by atoms with Crippen LogP contribution in [0.1, 0.15) is 0 Å². The summed E-state index contributed by atoms with van der Waals surface area (Å²) < 4.78 is 4.02. The van der Waals surface area contributed by atoms with Gasteiger partial charge in [-0.1, -0.05) is 23.2 Å². The van der Waals surface area contributed by atoms with Gasteiger partial charge in [0.2, 0.25) is 5.02 Å². The lowest BCUT2D eigenvalue weighted by Crippen LogP contribution is -1.94. The molecular formula is C2H3Cl2O2. The summed E-state index contributed by atoms with van der Waals surface area (Å²) in [4.78, 5) is 0. The minimum atomic E-state index is -0.970. The zero-order valence-corrected chi connectivity index (χ0v) is 4.37. The summed E-state index contributed by atoms with van der Waals surface area (Å²) in [5.74, 6) is 0. The molecule has 37 valence electrons. The Balaban J connectivity index is 2.63. The Morgan fingerprint density at radius 1 is 1.67 bits per heavy atom. The van der Waals surface area contributed by atoms with Gasteiger partial charge in [0.1, 0.15) is 0 Å². The predicted molar refractivity (Wildman–Crippen MR) is 22.1 cm³/mol. The Morgan fingerprint density at radius 2 is 2.17 bits per heavy atom. The first kappa shape index (κ1) is 6.50. The molecule has 0 rings (SSSR count). The molecule has 2 nitrogen and oxygen atoms in total. The van der Waals surface area contributed by atoms with Crippen molar-refractivity contribution in [3.05, 3.63) is 0 Å². The molecule has 0 aromatic rings. The molecule has 0 fully saturated rings. The van der Waals surface area contributed by atoms with Crippen LogP contribution in [0.3, 0.4) is 0 Å². The predicted octanol–water partition coefficient (Wildman–Crippen LogP) is 1.15. The number of rotatable bonds is 2. The van der Waals surface area contributed by atoms with Crippen molar-refractivity contribution >= 4 is 23.2 Å². The second-order valence-corrected chi connectivity index (χ2v) is 1.56. The van der Waals surface area contributed by atoms with Gasteiger partial charge in [-0.2, -0.15) is 0 Å². The summed E-state index contributed by atoms with van der Waals surface area (Å²) in [5.41, 5.74) is 0. The van der Waals surface area contributed by atoms with Crippen LogP contribution in [-0.2, 0) is 9.84 Å². The van der Waals surface area contributed by atoms with Crippen LogP contribution in [-0.4, -0.2) is 11.8 Å². The number of hydrogen-bond acceptors (Lipinski definition) is 1. The third kappa shape index (κ3) is 4.50. The first-order valence-electron chi connectivity index (χ1n) is 1.25. The van der Waals surface area contributed by atoms with Gasteiger partial charge in [0.05, 0.1) is 0 Å². The smallest absolute Gasteiger partial charge is 0.209 e. The topological polar surface area (TPSA) is 29.1 Å². The summed E-state index contributed by atoms with van der Waals surface area (Å²) in [7, 11) is 0. The van der Waals surface area contributed by atoms with Crippen molar-refractivity contribution in [3.63, 3.8) is 0 Å². The quantitative estimate of drug-likeness (QED) is 0.407. The summed E-state index contributed by atoms with van der Waals surface area (Å²) >= 11 is 9.84. The molecule has 0 saturated heterocycles. The monoisotopic (exact) mass is 129 g/mol. The van der Waals surface area contributed by atoms with Gasteiger partial charge in [0.25, 0.3) is 0 Å². The van der Waals surface area contributed by atoms with E-state index in [1.54, 1.807) is 0 Å². The molecule has 0 aliphatic rings. The Kier molecular flexibility index (Phi) is 3.99. The van der Waals surface area contributed by atoms with Gasteiger partial charge in [-0.3, -0.25) is 0 Å². The number of alkyl halides is 2. The van der Waals surface area contributed by atoms with Crippen LogP contribution in [0.25, 0.3) is 0 Å². The molecule has 0 aromatic carbocycles. The molecular weight excluding hydrogens is 127 g/mol. The molecule has 0 spiro atoms. The maximum absolute atomic E-state index is 9.35. The fraction of sp³-hybridized carbons (Fsp3) is 1.00. The van der Waals surface area contributed by atoms with E-state index in [1.807, 2.05) is 0 Å². The molecule has 0 N–H and O–H groups in total. The second-order valence-electron chi connectivity index (χ2n) is 0.545. The van der Waals surface area contributed by atoms with Crippen molar-refractivity contribution in [3.8, 4) is 0 Å². The molecule has 0 aliphatic carbocycles. The molecule has 0 aliphatic heterocycles. The van der Waals surface area contributed by atoms with E-state index in [-0.39, 0.29) is 0 Å². The average Bonchev–Trinajstić information content (AvgIpc) is 1.35. The zero-order valence-electron chi connectivity index (χ0n) is 2.86. The number of ether oxygens (including phenoxy) is 1. The summed E-state index contributed by atoms with van der Waals surface area (Å²) in [6.07, 6.45) is 0. The number of hydrogen-bond donors (Lipinski definition) is 0. The summed E-state index contributed by atoms with van der Waals surface area (Å²) in [5, 5.41) is 8.38. The highest BCUT2D eigenvalue weighted by molar-refractivity contribution is 6.43. The number of halogens is 2. The minimum absolute atomic E-state index is 0.683. The average molecular weight is 130 g/mol. The van der Waals surface area contributed by atoms with Crippen molar-refractivity contribution in [2.75, 3.05) is 6.79 Å². The van der Waals surface area contributed by atoms with Crippen LogP contribution >= 0.6 is 23.2 Å². The van der Waals surface area contributed by atoms with Gasteiger partial charge >= 0.3 is 0 Å². The van der Waals surface area contributed by atoms with Crippen molar-refractivity contribution in [2.24, 2.45) is 0 Å². The van der Waals surface area contributed by atoms with Crippen LogP contribution < -0.4 is 0 Å². The molecule has 0 unspecified atom stereocenters. The molecule has 6 heavy (non-hydrogen) atoms. The molecule has 0 bridgehead atoms. The first-order chi connectivity index (χ1) is 2.77. The minimum Gasteiger partial charge on any atom is -0.319 e. The lowest BCUT2D eigenvalue weighted by Gasteiger charge is -1.92. The van der Waals surface area contributed by atoms with E-state index in [0.717, 1.165) is 0 Å². The van der Waals surface area contributed by atoms with Gasteiger partial charge in [-0.25, -0.2) is 5.11 Å². The van der Waals surface area contributed by atoms with Gasteiger partial charge < -0.3 is 4.74 Å². The van der Waals surface area contributed by atoms with Gasteiger partial charge in [0, 0.05) is 0 Å². The van der Waals surface area contributed by atoms with Crippen LogP contribution in [0.15, 0.2) is 0 Å². The Bertz CT molecular complexity index is 30.7. The molecule has 4 heteroatoms. The van der Waals surface area contributed by atoms with E-state index in [2.05, 4.69) is 4.74 Å². The zero-order chi connectivity index (χ0) is 4.99. The van der Waals surface area contributed by atoms with Crippen LogP contribution in [0.2, 0.25) is 0 Å². The Morgan fingerprint density at radius 3 is 2.17 bits per heavy atom. The van der Waals surface area contributed by atoms with Gasteiger partial charge in [0.15, 0.2) is 6.79 Å². The van der Waals surface area contributed by atoms with Crippen molar-refractivity contribution < 1.29 is 9.84 Å². The standard InChI is InChI=1S/C2H3Cl2O2/c3-2(4)6-1-5/h2H,1H2. The molecule has 0 aromatic heterocycles. The second kappa shape index (κ2) is 3.68. The summed E-state index contributed by atoms with van der Waals surface area (Å²) in [6, 6.07) is 0. The molecule has 0 amide bonds. The van der Waals surface area contributed by atoms with Crippen molar-refractivity contribution in [1.29, 1.82) is 0 Å². The molecule has 0 heterocycles. The van der Waals surface area contributed by atoms with E-state index in [0.29, 0.717) is 0 Å². The molecule has 0 saturated carbocycles. The van der Waals surface area contributed by atoms with E-state index in [4.69, 9.17) is 23.2 Å². The maximum Gasteiger partial charge on any atom is 0.209 e. The highest BCUT2D eigenvalue weighted by Gasteiger charge is 1.91. The van der Waals surface area contributed by atoms with Gasteiger partial charge in [-0.05, 0) is 0 Å². The van der Waals surface area contributed by atoms with E-state index in [9.17, 15) is 5.11 Å². The highest BCUT2D eigenvalue weighted by atomic mass is 35.5. The molecule has 1 radical (unpaired) electrons. The Hall–Kier alpha value is 0.500. The highest BCUT2D eigenvalue weighted by Crippen LogP contribution is 2.00. The van der Waals surface area contributed by atoms with Crippen LogP contribution in [0.5, 0.6) is 0 Å². The lowest BCUT2D eigenvalue weighted by molar-refractivity contribution is -0.0362. The first-order valence-corrected chi connectivity index (χ1v) is 2.12. The van der Waals surface area contributed by atoms with E-state index < -0.39 is 11.8 Å². The normalized spacial score (nSPS) is 10.0.